The fourth-order valence-electron chi connectivity index (χ4n) is 3.12. The minimum atomic E-state index is -0.541. The molecular weight excluding hydrogens is 360 g/mol. The third kappa shape index (κ3) is 5.51. The van der Waals surface area contributed by atoms with Crippen molar-refractivity contribution in [3.8, 4) is 0 Å². The molecule has 28 heavy (non-hydrogen) atoms. The zero-order valence-corrected chi connectivity index (χ0v) is 15.8. The minimum Gasteiger partial charge on any atom is -0.368 e. The van der Waals surface area contributed by atoms with Crippen LogP contribution in [0.15, 0.2) is 61.3 Å². The van der Waals surface area contributed by atoms with Gasteiger partial charge in [-0.05, 0) is 29.8 Å². The first-order valence-corrected chi connectivity index (χ1v) is 9.04. The molecule has 2 N–H and O–H groups in total. The number of hydrogen-bond acceptors (Lipinski definition) is 6. The quantitative estimate of drug-likeness (QED) is 0.303. The molecule has 0 bridgehead atoms. The average Bonchev–Trinajstić information content (AvgIpc) is 2.72. The number of nitrogens with zero attached hydrogens (tertiary/aromatic N) is 3. The van der Waals surface area contributed by atoms with Crippen molar-refractivity contribution in [2.24, 2.45) is 5.73 Å². The van der Waals surface area contributed by atoms with E-state index >= 15 is 0 Å². The Morgan fingerprint density at radius 2 is 1.82 bits per heavy atom. The van der Waals surface area contributed by atoms with Crippen LogP contribution in [0.25, 0.3) is 0 Å². The van der Waals surface area contributed by atoms with E-state index < -0.39 is 11.0 Å². The van der Waals surface area contributed by atoms with Gasteiger partial charge in [-0.25, -0.2) is 0 Å². The van der Waals surface area contributed by atoms with E-state index in [1.165, 1.54) is 12.1 Å². The number of carbonyl (C=O) groups is 1. The van der Waals surface area contributed by atoms with Gasteiger partial charge in [0, 0.05) is 44.0 Å². The van der Waals surface area contributed by atoms with Crippen LogP contribution in [0.5, 0.6) is 0 Å². The van der Waals surface area contributed by atoms with Gasteiger partial charge in [0.15, 0.2) is 0 Å². The second kappa shape index (κ2) is 10.4. The molecule has 1 heterocycles. The molecule has 1 saturated heterocycles. The highest BCUT2D eigenvalue weighted by Gasteiger charge is 2.25. The van der Waals surface area contributed by atoms with Gasteiger partial charge in [0.25, 0.3) is 5.69 Å². The molecule has 1 atom stereocenters. The summed E-state index contributed by atoms with van der Waals surface area (Å²) in [5.41, 5.74) is 7.17. The Kier molecular flexibility index (Phi) is 7.91. The van der Waals surface area contributed by atoms with E-state index in [4.69, 9.17) is 10.5 Å². The number of nitro groups is 1. The third-order valence-electron chi connectivity index (χ3n) is 4.63. The molecule has 0 saturated carbocycles. The average molecular weight is 386 g/mol. The first-order valence-electron chi connectivity index (χ1n) is 9.04. The fourth-order valence-corrected chi connectivity index (χ4v) is 3.12. The highest BCUT2D eigenvalue weighted by Crippen LogP contribution is 2.25. The Hall–Kier alpha value is -2.97. The number of benzene rings is 1. The maximum absolute atomic E-state index is 12.7. The van der Waals surface area contributed by atoms with E-state index in [1.54, 1.807) is 29.2 Å². The molecule has 0 aromatic heterocycles. The number of nitrogens with two attached hydrogens (primary N) is 1. The smallest absolute Gasteiger partial charge is 0.269 e. The molecule has 1 aliphatic rings. The topological polar surface area (TPSA) is 102 Å². The van der Waals surface area contributed by atoms with Crippen LogP contribution >= 0.6 is 0 Å². The van der Waals surface area contributed by atoms with Crippen molar-refractivity contribution in [2.75, 3.05) is 32.9 Å². The molecule has 8 heteroatoms. The van der Waals surface area contributed by atoms with Crippen molar-refractivity contribution < 1.29 is 14.5 Å². The summed E-state index contributed by atoms with van der Waals surface area (Å²) in [7, 11) is 0. The number of allylic oxidation sites excluding steroid dienone is 3. The standard InChI is InChI=1S/C20H26N4O4/c1-3-5-17(4-2)22-10-12-23(13-11-22)20(25)14-19(28-15-21)16-6-8-18(9-7-16)24(26)27/h3-9,19H,1-2,10-15,21H2/b17-5+. The highest BCUT2D eigenvalue weighted by molar-refractivity contribution is 5.77. The van der Waals surface area contributed by atoms with Crippen molar-refractivity contribution in [1.82, 2.24) is 9.80 Å². The van der Waals surface area contributed by atoms with E-state index in [-0.39, 0.29) is 24.7 Å². The molecule has 1 aromatic carbocycles. The van der Waals surface area contributed by atoms with Crippen molar-refractivity contribution in [2.45, 2.75) is 12.5 Å². The zero-order chi connectivity index (χ0) is 20.5. The second-order valence-electron chi connectivity index (χ2n) is 6.27. The number of ether oxygens (including phenoxy) is 1. The van der Waals surface area contributed by atoms with Crippen LogP contribution in [0.3, 0.4) is 0 Å². The second-order valence-corrected chi connectivity index (χ2v) is 6.27. The highest BCUT2D eigenvalue weighted by atomic mass is 16.6. The summed E-state index contributed by atoms with van der Waals surface area (Å²) in [5, 5.41) is 10.8. The Bertz CT molecular complexity index is 737. The number of carbonyl (C=O) groups excluding carboxylic acids is 1. The predicted molar refractivity (Wildman–Crippen MR) is 107 cm³/mol. The van der Waals surface area contributed by atoms with Crippen molar-refractivity contribution >= 4 is 11.6 Å². The van der Waals surface area contributed by atoms with Gasteiger partial charge in [0.2, 0.25) is 5.91 Å². The number of nitro benzene ring substituents is 1. The molecule has 0 radical (unpaired) electrons. The molecule has 1 fully saturated rings. The third-order valence-corrected chi connectivity index (χ3v) is 4.63. The lowest BCUT2D eigenvalue weighted by atomic mass is 10.0. The molecule has 0 aliphatic carbocycles. The Morgan fingerprint density at radius 3 is 2.32 bits per heavy atom. The van der Waals surface area contributed by atoms with Gasteiger partial charge in [-0.1, -0.05) is 19.2 Å². The Balaban J connectivity index is 1.99. The molecule has 1 aromatic rings. The van der Waals surface area contributed by atoms with Gasteiger partial charge >= 0.3 is 0 Å². The van der Waals surface area contributed by atoms with Gasteiger partial charge in [0.1, 0.15) is 0 Å². The molecule has 1 unspecified atom stereocenters. The zero-order valence-electron chi connectivity index (χ0n) is 15.8. The number of piperazine rings is 1. The summed E-state index contributed by atoms with van der Waals surface area (Å²) in [5.74, 6) is -0.0377. The van der Waals surface area contributed by atoms with Crippen LogP contribution in [0.2, 0.25) is 0 Å². The monoisotopic (exact) mass is 386 g/mol. The molecule has 0 spiro atoms. The van der Waals surface area contributed by atoms with Gasteiger partial charge in [0.05, 0.1) is 24.2 Å². The first kappa shape index (κ1) is 21.3. The fraction of sp³-hybridized carbons (Fsp3) is 0.350. The maximum Gasteiger partial charge on any atom is 0.269 e. The van der Waals surface area contributed by atoms with Gasteiger partial charge in [-0.3, -0.25) is 14.9 Å². The van der Waals surface area contributed by atoms with Crippen molar-refractivity contribution in [1.29, 1.82) is 0 Å². The lowest BCUT2D eigenvalue weighted by Gasteiger charge is -2.37. The van der Waals surface area contributed by atoms with E-state index in [9.17, 15) is 14.9 Å². The number of non-ortho nitro benzene ring substituents is 1. The Labute approximate surface area is 164 Å². The Morgan fingerprint density at radius 1 is 1.21 bits per heavy atom. The minimum absolute atomic E-state index is 0.0108. The summed E-state index contributed by atoms with van der Waals surface area (Å²) in [4.78, 5) is 27.0. The normalized spacial score (nSPS) is 15.8. The lowest BCUT2D eigenvalue weighted by molar-refractivity contribution is -0.384. The van der Waals surface area contributed by atoms with E-state index in [0.29, 0.717) is 31.7 Å². The molecule has 150 valence electrons. The van der Waals surface area contributed by atoms with E-state index in [0.717, 1.165) is 5.70 Å². The number of rotatable bonds is 9. The summed E-state index contributed by atoms with van der Waals surface area (Å²) >= 11 is 0. The number of amides is 1. The molecule has 2 rings (SSSR count). The lowest BCUT2D eigenvalue weighted by Crippen LogP contribution is -2.48. The van der Waals surface area contributed by atoms with Gasteiger partial charge in [-0.2, -0.15) is 0 Å². The van der Waals surface area contributed by atoms with E-state index in [1.807, 2.05) is 6.08 Å². The van der Waals surface area contributed by atoms with Crippen molar-refractivity contribution in [3.63, 3.8) is 0 Å². The van der Waals surface area contributed by atoms with E-state index in [2.05, 4.69) is 18.1 Å². The first-order chi connectivity index (χ1) is 13.5. The van der Waals surface area contributed by atoms with Crippen LogP contribution in [-0.2, 0) is 9.53 Å². The molecular formula is C20H26N4O4. The van der Waals surface area contributed by atoms with Crippen LogP contribution in [0, 0.1) is 10.1 Å². The van der Waals surface area contributed by atoms with Gasteiger partial charge in [-0.15, -0.1) is 0 Å². The summed E-state index contributed by atoms with van der Waals surface area (Å²) < 4.78 is 5.52. The SMILES string of the molecule is C=C/C=C(\C=C)N1CCN(C(=O)CC(OCN)c2ccc([N+](=O)[O-])cc2)CC1. The summed E-state index contributed by atoms with van der Waals surface area (Å²) in [6.07, 6.45) is 4.98. The number of hydrogen-bond donors (Lipinski definition) is 1. The maximum atomic E-state index is 12.7. The molecule has 1 aliphatic heterocycles. The predicted octanol–water partition coefficient (Wildman–Crippen LogP) is 2.36. The molecule has 1 amide bonds. The van der Waals surface area contributed by atoms with Gasteiger partial charge < -0.3 is 20.3 Å². The summed E-state index contributed by atoms with van der Waals surface area (Å²) in [6.45, 7) is 10.1. The van der Waals surface area contributed by atoms with Crippen LogP contribution in [0.1, 0.15) is 18.1 Å². The summed E-state index contributed by atoms with van der Waals surface area (Å²) in [6, 6.07) is 5.99. The van der Waals surface area contributed by atoms with Crippen LogP contribution < -0.4 is 5.73 Å². The van der Waals surface area contributed by atoms with Crippen LogP contribution in [0.4, 0.5) is 5.69 Å². The largest absolute Gasteiger partial charge is 0.368 e. The molecule has 8 nitrogen and oxygen atoms in total. The van der Waals surface area contributed by atoms with Crippen LogP contribution in [-0.4, -0.2) is 53.5 Å². The van der Waals surface area contributed by atoms with Crippen molar-refractivity contribution in [3.05, 3.63) is 77.0 Å².